The van der Waals surface area contributed by atoms with Gasteiger partial charge >= 0.3 is 0 Å². The van der Waals surface area contributed by atoms with E-state index in [0.29, 0.717) is 0 Å². The molecule has 10 nitrogen and oxygen atoms in total. The maximum atomic E-state index is 10.2. The Morgan fingerprint density at radius 2 is 1.46 bits per heavy atom. The van der Waals surface area contributed by atoms with Gasteiger partial charge in [-0.1, -0.05) is 0 Å². The standard InChI is InChI=1S/C13H23IO10/c1-4-7(17)12(24-14)11(6(3-16)21-4)23-13-10(20)9(19)8(18)5(2-15)22-13/h4-13,15-20H,2-3H2,1H3/t4?,5?,6?,7?,8-,9?,10?,11-,12?,13+/m0/s1. The van der Waals surface area contributed by atoms with Gasteiger partial charge in [-0.05, 0) is 6.92 Å². The fourth-order valence-corrected chi connectivity index (χ4v) is 3.45. The molecule has 7 unspecified atom stereocenters. The molecule has 6 N–H and O–H groups in total. The Kier molecular flexibility index (Phi) is 7.58. The van der Waals surface area contributed by atoms with E-state index in [0.717, 1.165) is 0 Å². The van der Waals surface area contributed by atoms with E-state index in [1.54, 1.807) is 29.9 Å². The molecule has 142 valence electrons. The van der Waals surface area contributed by atoms with E-state index in [2.05, 4.69) is 0 Å². The zero-order valence-corrected chi connectivity index (χ0v) is 15.0. The summed E-state index contributed by atoms with van der Waals surface area (Å²) in [5.41, 5.74) is 0. The van der Waals surface area contributed by atoms with Gasteiger partial charge in [0.05, 0.1) is 19.3 Å². The minimum Gasteiger partial charge on any atom is -0.394 e. The van der Waals surface area contributed by atoms with Crippen molar-refractivity contribution in [2.24, 2.45) is 0 Å². The van der Waals surface area contributed by atoms with Gasteiger partial charge in [0.25, 0.3) is 0 Å². The summed E-state index contributed by atoms with van der Waals surface area (Å²) in [5, 5.41) is 58.5. The van der Waals surface area contributed by atoms with Crippen LogP contribution in [0.3, 0.4) is 0 Å². The third-order valence-corrected chi connectivity index (χ3v) is 4.91. The minimum atomic E-state index is -1.60. The first-order valence-electron chi connectivity index (χ1n) is 7.53. The molecule has 0 amide bonds. The van der Waals surface area contributed by atoms with Gasteiger partial charge in [0.15, 0.2) is 6.29 Å². The second kappa shape index (κ2) is 8.81. The molecule has 2 aliphatic rings. The Hall–Kier alpha value is 0.330. The second-order valence-corrected chi connectivity index (χ2v) is 6.41. The fraction of sp³-hybridized carbons (Fsp3) is 1.00. The van der Waals surface area contributed by atoms with Gasteiger partial charge in [-0.3, -0.25) is 0 Å². The van der Waals surface area contributed by atoms with E-state index in [1.807, 2.05) is 0 Å². The highest BCUT2D eigenvalue weighted by molar-refractivity contribution is 14.1. The first-order valence-corrected chi connectivity index (χ1v) is 8.41. The maximum absolute atomic E-state index is 10.2. The molecule has 2 rings (SSSR count). The molecule has 24 heavy (non-hydrogen) atoms. The van der Waals surface area contributed by atoms with Gasteiger partial charge in [0, 0.05) is 0 Å². The van der Waals surface area contributed by atoms with Gasteiger partial charge in [0.2, 0.25) is 0 Å². The van der Waals surface area contributed by atoms with Crippen LogP contribution in [0.4, 0.5) is 0 Å². The van der Waals surface area contributed by atoms with Gasteiger partial charge in [-0.15, -0.1) is 0 Å². The van der Waals surface area contributed by atoms with Crippen molar-refractivity contribution in [3.05, 3.63) is 0 Å². The summed E-state index contributed by atoms with van der Waals surface area (Å²) < 4.78 is 21.5. The van der Waals surface area contributed by atoms with Gasteiger partial charge < -0.3 is 47.9 Å². The summed E-state index contributed by atoms with van der Waals surface area (Å²) in [6.45, 7) is 0.580. The van der Waals surface area contributed by atoms with Gasteiger partial charge in [0.1, 0.15) is 71.8 Å². The Morgan fingerprint density at radius 1 is 0.833 bits per heavy atom. The first-order chi connectivity index (χ1) is 11.3. The molecule has 0 aromatic heterocycles. The Balaban J connectivity index is 2.16. The highest BCUT2D eigenvalue weighted by atomic mass is 127. The van der Waals surface area contributed by atoms with Crippen LogP contribution >= 0.6 is 23.0 Å². The van der Waals surface area contributed by atoms with Crippen molar-refractivity contribution in [3.8, 4) is 0 Å². The van der Waals surface area contributed by atoms with Crippen LogP contribution in [0.2, 0.25) is 0 Å². The highest BCUT2D eigenvalue weighted by Crippen LogP contribution is 2.31. The van der Waals surface area contributed by atoms with E-state index in [1.165, 1.54) is 0 Å². The second-order valence-electron chi connectivity index (χ2n) is 5.90. The summed E-state index contributed by atoms with van der Waals surface area (Å²) in [6.07, 6.45) is -11.7. The summed E-state index contributed by atoms with van der Waals surface area (Å²) in [6, 6.07) is 0. The molecule has 2 heterocycles. The molecule has 0 saturated carbocycles. The molecule has 0 aromatic rings. The van der Waals surface area contributed by atoms with E-state index in [4.69, 9.17) is 17.3 Å². The van der Waals surface area contributed by atoms with Gasteiger partial charge in [-0.25, -0.2) is 0 Å². The topological polar surface area (TPSA) is 158 Å². The zero-order chi connectivity index (χ0) is 18.0. The van der Waals surface area contributed by atoms with Crippen molar-refractivity contribution in [1.82, 2.24) is 0 Å². The monoisotopic (exact) mass is 466 g/mol. The van der Waals surface area contributed by atoms with Crippen molar-refractivity contribution in [1.29, 1.82) is 0 Å². The molecule has 0 spiro atoms. The van der Waals surface area contributed by atoms with E-state index < -0.39 is 74.4 Å². The molecular formula is C13H23IO10. The van der Waals surface area contributed by atoms with Crippen molar-refractivity contribution in [2.45, 2.75) is 68.1 Å². The predicted molar refractivity (Wildman–Crippen MR) is 85.0 cm³/mol. The van der Waals surface area contributed by atoms with Crippen molar-refractivity contribution < 1.29 is 47.9 Å². The zero-order valence-electron chi connectivity index (χ0n) is 12.9. The number of rotatable bonds is 5. The Labute approximate surface area is 152 Å². The average molecular weight is 466 g/mol. The van der Waals surface area contributed by atoms with Crippen molar-refractivity contribution in [3.63, 3.8) is 0 Å². The van der Waals surface area contributed by atoms with E-state index in [-0.39, 0.29) is 0 Å². The third kappa shape index (κ3) is 4.01. The Morgan fingerprint density at radius 3 is 2.00 bits per heavy atom. The molecule has 2 aliphatic heterocycles. The van der Waals surface area contributed by atoms with Gasteiger partial charge in [-0.2, -0.15) is 0 Å². The quantitative estimate of drug-likeness (QED) is 0.232. The third-order valence-electron chi connectivity index (χ3n) is 4.32. The molecular weight excluding hydrogens is 443 g/mol. The molecule has 0 bridgehead atoms. The molecule has 0 aromatic carbocycles. The lowest BCUT2D eigenvalue weighted by Gasteiger charge is -2.46. The number of hydrogen-bond donors (Lipinski definition) is 6. The lowest BCUT2D eigenvalue weighted by Crippen LogP contribution is -2.64. The lowest BCUT2D eigenvalue weighted by atomic mass is 9.95. The molecule has 2 fully saturated rings. The van der Waals surface area contributed by atoms with Crippen LogP contribution in [0.5, 0.6) is 0 Å². The number of ether oxygens (including phenoxy) is 3. The van der Waals surface area contributed by atoms with Crippen LogP contribution in [0.1, 0.15) is 6.92 Å². The number of halogens is 1. The SMILES string of the molecule is CC1OC(CO)[C@H](O[C@H]2OC(CO)[C@H](O)C(O)C2O)C(OI)C1O. The van der Waals surface area contributed by atoms with Crippen LogP contribution in [-0.4, -0.2) is 105 Å². The molecule has 10 atom stereocenters. The summed E-state index contributed by atoms with van der Waals surface area (Å²) >= 11 is 1.58. The summed E-state index contributed by atoms with van der Waals surface area (Å²) in [5.74, 6) is 0. The van der Waals surface area contributed by atoms with Crippen molar-refractivity contribution >= 4 is 23.0 Å². The summed E-state index contributed by atoms with van der Waals surface area (Å²) in [7, 11) is 0. The first kappa shape index (κ1) is 20.6. The van der Waals surface area contributed by atoms with Crippen LogP contribution in [0.15, 0.2) is 0 Å². The largest absolute Gasteiger partial charge is 0.394 e. The highest BCUT2D eigenvalue weighted by Gasteiger charge is 2.50. The van der Waals surface area contributed by atoms with E-state index in [9.17, 15) is 30.6 Å². The number of hydrogen-bond acceptors (Lipinski definition) is 10. The number of aliphatic hydroxyl groups is 6. The van der Waals surface area contributed by atoms with E-state index >= 15 is 0 Å². The van der Waals surface area contributed by atoms with Crippen LogP contribution in [0, 0.1) is 0 Å². The minimum absolute atomic E-state index is 0.435. The average Bonchev–Trinajstić information content (AvgIpc) is 2.58. The molecule has 0 radical (unpaired) electrons. The molecule has 11 heteroatoms. The normalized spacial score (nSPS) is 50.0. The molecule has 0 aliphatic carbocycles. The van der Waals surface area contributed by atoms with Crippen LogP contribution in [0.25, 0.3) is 0 Å². The molecule has 2 saturated heterocycles. The Bertz CT molecular complexity index is 399. The summed E-state index contributed by atoms with van der Waals surface area (Å²) in [4.78, 5) is 0. The number of aliphatic hydroxyl groups excluding tert-OH is 6. The smallest absolute Gasteiger partial charge is 0.187 e. The maximum Gasteiger partial charge on any atom is 0.187 e. The predicted octanol–water partition coefficient (Wildman–Crippen LogP) is -2.95. The lowest BCUT2D eigenvalue weighted by molar-refractivity contribution is -0.337. The van der Waals surface area contributed by atoms with Crippen molar-refractivity contribution in [2.75, 3.05) is 13.2 Å². The van der Waals surface area contributed by atoms with Crippen LogP contribution in [-0.2, 0) is 17.3 Å². The van der Waals surface area contributed by atoms with Crippen LogP contribution < -0.4 is 0 Å². The fourth-order valence-electron chi connectivity index (χ4n) is 2.86.